The Labute approximate surface area is 130 Å². The summed E-state index contributed by atoms with van der Waals surface area (Å²) in [5, 5.41) is 2.84. The number of amides is 1. The molecule has 5 heteroatoms. The number of ether oxygens (including phenoxy) is 1. The molecule has 0 heterocycles. The number of nitrogens with one attached hydrogen (secondary N) is 1. The maximum absolute atomic E-state index is 12.5. The third-order valence-electron chi connectivity index (χ3n) is 3.12. The molecule has 1 atom stereocenters. The van der Waals surface area contributed by atoms with E-state index in [2.05, 4.69) is 5.32 Å². The van der Waals surface area contributed by atoms with Gasteiger partial charge in [-0.05, 0) is 36.9 Å². The lowest BCUT2D eigenvalue weighted by Gasteiger charge is -2.17. The summed E-state index contributed by atoms with van der Waals surface area (Å²) in [5.41, 5.74) is 0.589. The van der Waals surface area contributed by atoms with Crippen LogP contribution >= 0.6 is 11.8 Å². The highest BCUT2D eigenvalue weighted by Crippen LogP contribution is 2.14. The van der Waals surface area contributed by atoms with Crippen LogP contribution in [-0.2, 0) is 4.79 Å². The Morgan fingerprint density at radius 2 is 1.95 bits per heavy atom. The van der Waals surface area contributed by atoms with Gasteiger partial charge in [-0.2, -0.15) is 11.8 Å². The zero-order valence-electron chi connectivity index (χ0n) is 12.8. The monoisotopic (exact) mass is 309 g/mol. The Kier molecular flexibility index (Phi) is 7.90. The molecule has 0 unspecified atom stereocenters. The molecule has 0 fully saturated rings. The largest absolute Gasteiger partial charge is 0.497 e. The molecule has 1 rings (SSSR count). The summed E-state index contributed by atoms with van der Waals surface area (Å²) >= 11 is 1.55. The van der Waals surface area contributed by atoms with E-state index in [1.54, 1.807) is 43.1 Å². The topological polar surface area (TPSA) is 55.4 Å². The summed E-state index contributed by atoms with van der Waals surface area (Å²) in [6.07, 6.45) is 4.20. The van der Waals surface area contributed by atoms with Crippen LogP contribution in [-0.4, -0.2) is 36.9 Å². The number of unbranched alkanes of at least 4 members (excludes halogenated alkanes) is 1. The van der Waals surface area contributed by atoms with Crippen LogP contribution in [0.4, 0.5) is 0 Å². The van der Waals surface area contributed by atoms with E-state index in [4.69, 9.17) is 4.74 Å². The first-order valence-electron chi connectivity index (χ1n) is 7.09. The van der Waals surface area contributed by atoms with Crippen LogP contribution in [0.5, 0.6) is 5.75 Å². The molecular formula is C16H23NO3S. The fraction of sp³-hybridized carbons (Fsp3) is 0.500. The quantitative estimate of drug-likeness (QED) is 0.713. The molecule has 1 aromatic rings. The first-order valence-corrected chi connectivity index (χ1v) is 8.48. The zero-order chi connectivity index (χ0) is 15.7. The summed E-state index contributed by atoms with van der Waals surface area (Å²) in [7, 11) is 1.58. The molecule has 0 saturated heterocycles. The maximum atomic E-state index is 12.5. The van der Waals surface area contributed by atoms with Crippen molar-refractivity contribution in [3.63, 3.8) is 0 Å². The minimum Gasteiger partial charge on any atom is -0.497 e. The Bertz CT molecular complexity index is 459. The molecule has 1 aromatic carbocycles. The van der Waals surface area contributed by atoms with Gasteiger partial charge in [-0.25, -0.2) is 0 Å². The molecule has 0 aromatic heterocycles. The van der Waals surface area contributed by atoms with Crippen molar-refractivity contribution in [1.82, 2.24) is 5.32 Å². The van der Waals surface area contributed by atoms with Crippen molar-refractivity contribution in [3.05, 3.63) is 29.8 Å². The minimum absolute atomic E-state index is 0.0576. The van der Waals surface area contributed by atoms with Crippen molar-refractivity contribution in [2.75, 3.05) is 19.1 Å². The van der Waals surface area contributed by atoms with Crippen molar-refractivity contribution in [1.29, 1.82) is 0 Å². The molecule has 0 aliphatic carbocycles. The number of Topliss-reactive ketones (excluding diaryl/α,β-unsaturated/α-hetero) is 1. The predicted octanol–water partition coefficient (Wildman–Crippen LogP) is 2.92. The SMILES string of the molecule is CCCCC(=O)N[C@@H](CSC)C(=O)c1ccc(OC)cc1. The number of rotatable bonds is 9. The van der Waals surface area contributed by atoms with E-state index in [1.807, 2.05) is 13.2 Å². The van der Waals surface area contributed by atoms with Gasteiger partial charge in [0.1, 0.15) is 11.8 Å². The summed E-state index contributed by atoms with van der Waals surface area (Å²) in [5.74, 6) is 1.16. The first kappa shape index (κ1) is 17.6. The summed E-state index contributed by atoms with van der Waals surface area (Å²) in [6, 6.07) is 6.49. The summed E-state index contributed by atoms with van der Waals surface area (Å²) < 4.78 is 5.08. The minimum atomic E-state index is -0.474. The number of methoxy groups -OCH3 is 1. The fourth-order valence-electron chi connectivity index (χ4n) is 1.91. The average molecular weight is 309 g/mol. The normalized spacial score (nSPS) is 11.8. The summed E-state index contributed by atoms with van der Waals surface area (Å²) in [6.45, 7) is 2.04. The van der Waals surface area contributed by atoms with Crippen LogP contribution in [0.15, 0.2) is 24.3 Å². The first-order chi connectivity index (χ1) is 10.1. The Morgan fingerprint density at radius 3 is 2.48 bits per heavy atom. The van der Waals surface area contributed by atoms with Gasteiger partial charge < -0.3 is 10.1 Å². The third kappa shape index (κ3) is 5.79. The van der Waals surface area contributed by atoms with Gasteiger partial charge in [-0.1, -0.05) is 13.3 Å². The molecule has 4 nitrogen and oxygen atoms in total. The smallest absolute Gasteiger partial charge is 0.220 e. The van der Waals surface area contributed by atoms with Crippen molar-refractivity contribution in [2.24, 2.45) is 0 Å². The van der Waals surface area contributed by atoms with Crippen molar-refractivity contribution in [2.45, 2.75) is 32.2 Å². The third-order valence-corrected chi connectivity index (χ3v) is 3.78. The molecule has 116 valence electrons. The van der Waals surface area contributed by atoms with E-state index in [9.17, 15) is 9.59 Å². The van der Waals surface area contributed by atoms with Crippen molar-refractivity contribution in [3.8, 4) is 5.75 Å². The molecular weight excluding hydrogens is 286 g/mol. The van der Waals surface area contributed by atoms with E-state index >= 15 is 0 Å². The molecule has 0 saturated carbocycles. The molecule has 0 aliphatic heterocycles. The standard InChI is InChI=1S/C16H23NO3S/c1-4-5-6-15(18)17-14(11-21-3)16(19)12-7-9-13(20-2)10-8-12/h7-10,14H,4-6,11H2,1-3H3,(H,17,18)/t14-/m0/s1. The second-order valence-electron chi connectivity index (χ2n) is 4.77. The highest BCUT2D eigenvalue weighted by Gasteiger charge is 2.21. The number of carbonyl (C=O) groups is 2. The lowest BCUT2D eigenvalue weighted by molar-refractivity contribution is -0.121. The number of hydrogen-bond acceptors (Lipinski definition) is 4. The van der Waals surface area contributed by atoms with Crippen LogP contribution in [0.25, 0.3) is 0 Å². The molecule has 0 radical (unpaired) electrons. The lowest BCUT2D eigenvalue weighted by atomic mass is 10.0. The molecule has 21 heavy (non-hydrogen) atoms. The van der Waals surface area contributed by atoms with E-state index < -0.39 is 6.04 Å². The van der Waals surface area contributed by atoms with Crippen molar-refractivity contribution < 1.29 is 14.3 Å². The van der Waals surface area contributed by atoms with Gasteiger partial charge in [0.05, 0.1) is 7.11 Å². The Balaban J connectivity index is 2.73. The highest BCUT2D eigenvalue weighted by atomic mass is 32.2. The Hall–Kier alpha value is -1.49. The Morgan fingerprint density at radius 1 is 1.29 bits per heavy atom. The molecule has 0 bridgehead atoms. The summed E-state index contributed by atoms with van der Waals surface area (Å²) in [4.78, 5) is 24.3. The van der Waals surface area contributed by atoms with Crippen molar-refractivity contribution >= 4 is 23.5 Å². The fourth-order valence-corrected chi connectivity index (χ4v) is 2.48. The van der Waals surface area contributed by atoms with Gasteiger partial charge in [0, 0.05) is 17.7 Å². The van der Waals surface area contributed by atoms with Gasteiger partial charge in [0.15, 0.2) is 5.78 Å². The van der Waals surface area contributed by atoms with Crippen LogP contribution in [0.3, 0.4) is 0 Å². The lowest BCUT2D eigenvalue weighted by Crippen LogP contribution is -2.42. The molecule has 0 aliphatic rings. The predicted molar refractivity (Wildman–Crippen MR) is 87.2 cm³/mol. The number of hydrogen-bond donors (Lipinski definition) is 1. The molecule has 1 amide bonds. The van der Waals surface area contributed by atoms with Crippen LogP contribution in [0.2, 0.25) is 0 Å². The second kappa shape index (κ2) is 9.45. The van der Waals surface area contributed by atoms with E-state index in [0.29, 0.717) is 23.5 Å². The highest BCUT2D eigenvalue weighted by molar-refractivity contribution is 7.98. The zero-order valence-corrected chi connectivity index (χ0v) is 13.7. The second-order valence-corrected chi connectivity index (χ2v) is 5.68. The van der Waals surface area contributed by atoms with Gasteiger partial charge >= 0.3 is 0 Å². The number of thioether (sulfide) groups is 1. The molecule has 1 N–H and O–H groups in total. The number of ketones is 1. The number of carbonyl (C=O) groups excluding carboxylic acids is 2. The van der Waals surface area contributed by atoms with Gasteiger partial charge in [0.2, 0.25) is 5.91 Å². The van der Waals surface area contributed by atoms with Crippen LogP contribution < -0.4 is 10.1 Å². The van der Waals surface area contributed by atoms with E-state index in [0.717, 1.165) is 12.8 Å². The van der Waals surface area contributed by atoms with E-state index in [1.165, 1.54) is 0 Å². The number of benzene rings is 1. The maximum Gasteiger partial charge on any atom is 0.220 e. The van der Waals surface area contributed by atoms with Gasteiger partial charge in [-0.3, -0.25) is 9.59 Å². The van der Waals surface area contributed by atoms with Gasteiger partial charge in [0.25, 0.3) is 0 Å². The van der Waals surface area contributed by atoms with Gasteiger partial charge in [-0.15, -0.1) is 0 Å². The molecule has 0 spiro atoms. The average Bonchev–Trinajstić information content (AvgIpc) is 2.52. The van der Waals surface area contributed by atoms with E-state index in [-0.39, 0.29) is 11.7 Å². The van der Waals surface area contributed by atoms with Crippen LogP contribution in [0.1, 0.15) is 36.5 Å². The van der Waals surface area contributed by atoms with Crippen LogP contribution in [0, 0.1) is 0 Å².